The van der Waals surface area contributed by atoms with Gasteiger partial charge in [0.2, 0.25) is 0 Å². The molecule has 0 aromatic rings. The Morgan fingerprint density at radius 1 is 1.62 bits per heavy atom. The van der Waals surface area contributed by atoms with E-state index in [-0.39, 0.29) is 0 Å². The normalized spacial score (nSPS) is 20.3. The molecule has 0 atom stereocenters. The number of esters is 1. The van der Waals surface area contributed by atoms with E-state index in [9.17, 15) is 4.79 Å². The standard InChI is InChI=1S/C9H13NO3/c1-2-13-8(11)9(7-10)3-5-12-6-4-9/h2-6H2,1H3. The van der Waals surface area contributed by atoms with E-state index in [1.54, 1.807) is 6.92 Å². The molecule has 0 saturated carbocycles. The van der Waals surface area contributed by atoms with Crippen molar-refractivity contribution < 1.29 is 14.3 Å². The lowest BCUT2D eigenvalue weighted by molar-refractivity contribution is -0.156. The van der Waals surface area contributed by atoms with Crippen LogP contribution in [0.25, 0.3) is 0 Å². The molecule has 4 heteroatoms. The Hall–Kier alpha value is -1.08. The van der Waals surface area contributed by atoms with Gasteiger partial charge in [0.15, 0.2) is 5.41 Å². The largest absolute Gasteiger partial charge is 0.465 e. The number of nitriles is 1. The van der Waals surface area contributed by atoms with Gasteiger partial charge in [0, 0.05) is 26.1 Å². The highest BCUT2D eigenvalue weighted by molar-refractivity contribution is 5.80. The molecule has 0 unspecified atom stereocenters. The zero-order valence-corrected chi connectivity index (χ0v) is 7.71. The van der Waals surface area contributed by atoms with E-state index in [0.29, 0.717) is 32.7 Å². The molecule has 1 heterocycles. The van der Waals surface area contributed by atoms with Gasteiger partial charge in [-0.3, -0.25) is 4.79 Å². The molecule has 0 amide bonds. The summed E-state index contributed by atoms with van der Waals surface area (Å²) in [5.74, 6) is -0.402. The highest BCUT2D eigenvalue weighted by Gasteiger charge is 2.41. The number of ether oxygens (including phenoxy) is 2. The van der Waals surface area contributed by atoms with Crippen LogP contribution in [0, 0.1) is 16.7 Å². The highest BCUT2D eigenvalue weighted by atomic mass is 16.5. The number of hydrogen-bond donors (Lipinski definition) is 0. The zero-order valence-electron chi connectivity index (χ0n) is 7.71. The van der Waals surface area contributed by atoms with Gasteiger partial charge in [0.05, 0.1) is 12.7 Å². The average Bonchev–Trinajstić information content (AvgIpc) is 2.19. The van der Waals surface area contributed by atoms with E-state index in [1.807, 2.05) is 6.07 Å². The first-order chi connectivity index (χ1) is 6.25. The molecular weight excluding hydrogens is 170 g/mol. The van der Waals surface area contributed by atoms with Crippen LogP contribution < -0.4 is 0 Å². The maximum atomic E-state index is 11.5. The lowest BCUT2D eigenvalue weighted by Gasteiger charge is -2.27. The second kappa shape index (κ2) is 4.24. The Balaban J connectivity index is 2.68. The maximum Gasteiger partial charge on any atom is 0.326 e. The molecule has 0 aromatic heterocycles. The van der Waals surface area contributed by atoms with Gasteiger partial charge in [-0.2, -0.15) is 5.26 Å². The van der Waals surface area contributed by atoms with Crippen molar-refractivity contribution in [1.29, 1.82) is 5.26 Å². The highest BCUT2D eigenvalue weighted by Crippen LogP contribution is 2.30. The molecule has 13 heavy (non-hydrogen) atoms. The third-order valence-corrected chi connectivity index (χ3v) is 2.23. The minimum Gasteiger partial charge on any atom is -0.465 e. The zero-order chi connectivity index (χ0) is 9.73. The van der Waals surface area contributed by atoms with Crippen LogP contribution >= 0.6 is 0 Å². The quantitative estimate of drug-likeness (QED) is 0.596. The van der Waals surface area contributed by atoms with Gasteiger partial charge in [-0.15, -0.1) is 0 Å². The second-order valence-corrected chi connectivity index (χ2v) is 3.03. The van der Waals surface area contributed by atoms with E-state index in [0.717, 1.165) is 0 Å². The van der Waals surface area contributed by atoms with Crippen molar-refractivity contribution in [2.45, 2.75) is 19.8 Å². The summed E-state index contributed by atoms with van der Waals surface area (Å²) in [6.45, 7) is 2.99. The van der Waals surface area contributed by atoms with Crippen molar-refractivity contribution in [3.05, 3.63) is 0 Å². The first kappa shape index (κ1) is 10.0. The van der Waals surface area contributed by atoms with E-state index in [2.05, 4.69) is 0 Å². The van der Waals surface area contributed by atoms with Gasteiger partial charge < -0.3 is 9.47 Å². The van der Waals surface area contributed by atoms with Gasteiger partial charge in [-0.1, -0.05) is 0 Å². The number of carbonyl (C=O) groups is 1. The Kier molecular flexibility index (Phi) is 3.26. The monoisotopic (exact) mass is 183 g/mol. The van der Waals surface area contributed by atoms with Crippen LogP contribution in [0.1, 0.15) is 19.8 Å². The van der Waals surface area contributed by atoms with Crippen molar-refractivity contribution in [3.63, 3.8) is 0 Å². The number of rotatable bonds is 2. The summed E-state index contributed by atoms with van der Waals surface area (Å²) in [4.78, 5) is 11.5. The van der Waals surface area contributed by atoms with Crippen molar-refractivity contribution >= 4 is 5.97 Å². The number of carbonyl (C=O) groups excluding carboxylic acids is 1. The van der Waals surface area contributed by atoms with Crippen molar-refractivity contribution in [3.8, 4) is 6.07 Å². The lowest BCUT2D eigenvalue weighted by Crippen LogP contribution is -2.37. The average molecular weight is 183 g/mol. The fraction of sp³-hybridized carbons (Fsp3) is 0.778. The molecular formula is C9H13NO3. The van der Waals surface area contributed by atoms with Crippen LogP contribution in [0.2, 0.25) is 0 Å². The number of nitrogens with zero attached hydrogens (tertiary/aromatic N) is 1. The minimum atomic E-state index is -0.950. The molecule has 72 valence electrons. The predicted octanol–water partition coefficient (Wildman–Crippen LogP) is 0.870. The lowest BCUT2D eigenvalue weighted by atomic mass is 9.82. The van der Waals surface area contributed by atoms with E-state index >= 15 is 0 Å². The summed E-state index contributed by atoms with van der Waals surface area (Å²) in [5.41, 5.74) is -0.950. The molecule has 0 spiro atoms. The van der Waals surface area contributed by atoms with Crippen molar-refractivity contribution in [2.24, 2.45) is 5.41 Å². The summed E-state index contributed by atoms with van der Waals surface area (Å²) >= 11 is 0. The smallest absolute Gasteiger partial charge is 0.326 e. The Morgan fingerprint density at radius 3 is 2.69 bits per heavy atom. The minimum absolute atomic E-state index is 0.323. The third-order valence-electron chi connectivity index (χ3n) is 2.23. The molecule has 1 aliphatic heterocycles. The van der Waals surface area contributed by atoms with Crippen LogP contribution in [0.5, 0.6) is 0 Å². The first-order valence-electron chi connectivity index (χ1n) is 4.41. The van der Waals surface area contributed by atoms with Crippen LogP contribution in [0.4, 0.5) is 0 Å². The fourth-order valence-corrected chi connectivity index (χ4v) is 1.35. The van der Waals surface area contributed by atoms with Crippen molar-refractivity contribution in [2.75, 3.05) is 19.8 Å². The molecule has 0 aromatic carbocycles. The van der Waals surface area contributed by atoms with Crippen LogP contribution in [0.15, 0.2) is 0 Å². The molecule has 1 rings (SSSR count). The molecule has 0 aliphatic carbocycles. The molecule has 0 N–H and O–H groups in total. The molecule has 1 saturated heterocycles. The summed E-state index contributed by atoms with van der Waals surface area (Å²) in [7, 11) is 0. The topological polar surface area (TPSA) is 59.3 Å². The second-order valence-electron chi connectivity index (χ2n) is 3.03. The Morgan fingerprint density at radius 2 is 2.23 bits per heavy atom. The van der Waals surface area contributed by atoms with E-state index in [4.69, 9.17) is 14.7 Å². The van der Waals surface area contributed by atoms with Gasteiger partial charge >= 0.3 is 5.97 Å². The van der Waals surface area contributed by atoms with E-state index < -0.39 is 11.4 Å². The molecule has 1 fully saturated rings. The first-order valence-corrected chi connectivity index (χ1v) is 4.41. The molecule has 0 bridgehead atoms. The fourth-order valence-electron chi connectivity index (χ4n) is 1.35. The van der Waals surface area contributed by atoms with Crippen LogP contribution in [0.3, 0.4) is 0 Å². The summed E-state index contributed by atoms with van der Waals surface area (Å²) in [6, 6.07) is 2.05. The summed E-state index contributed by atoms with van der Waals surface area (Å²) in [5, 5.41) is 8.93. The third kappa shape index (κ3) is 1.99. The van der Waals surface area contributed by atoms with Gasteiger partial charge in [0.25, 0.3) is 0 Å². The predicted molar refractivity (Wildman–Crippen MR) is 44.7 cm³/mol. The number of hydrogen-bond acceptors (Lipinski definition) is 4. The van der Waals surface area contributed by atoms with Crippen LogP contribution in [-0.2, 0) is 14.3 Å². The van der Waals surface area contributed by atoms with Gasteiger partial charge in [0.1, 0.15) is 0 Å². The van der Waals surface area contributed by atoms with Gasteiger partial charge in [-0.05, 0) is 6.92 Å². The maximum absolute atomic E-state index is 11.5. The van der Waals surface area contributed by atoms with E-state index in [1.165, 1.54) is 0 Å². The van der Waals surface area contributed by atoms with Crippen LogP contribution in [-0.4, -0.2) is 25.8 Å². The SMILES string of the molecule is CCOC(=O)C1(C#N)CCOCC1. The Labute approximate surface area is 77.4 Å². The summed E-state index contributed by atoms with van der Waals surface area (Å²) in [6.07, 6.45) is 0.894. The molecule has 4 nitrogen and oxygen atoms in total. The van der Waals surface area contributed by atoms with Crippen molar-refractivity contribution in [1.82, 2.24) is 0 Å². The summed E-state index contributed by atoms with van der Waals surface area (Å²) < 4.78 is 9.95. The molecule has 0 radical (unpaired) electrons. The van der Waals surface area contributed by atoms with Gasteiger partial charge in [-0.25, -0.2) is 0 Å². The molecule has 1 aliphatic rings. The Bertz CT molecular complexity index is 226.